The zero-order chi connectivity index (χ0) is 32.1. The second-order valence-corrected chi connectivity index (χ2v) is 20.4. The molecule has 11 heteroatoms. The van der Waals surface area contributed by atoms with Crippen molar-refractivity contribution >= 4 is 96.8 Å². The number of amides is 2. The standard InChI is InChI=1S/C34H29Cl4I2N2O3/c35-26-10-8-22(16-28(26)37)14-24-19-42(20-25(31(24)43)15-23-9-11-27(36)29(38)17-23)32(44)30(18-21-6-2-1-3-7-21)41-33(45)40-34(39)12-4-5-13-34/h1-3,6-11,14-17,30H,4-5,12-13,18-20H2,(H,41,45)/q-1/b24-14+,25-15+. The summed E-state index contributed by atoms with van der Waals surface area (Å²) in [5.41, 5.74) is 3.12. The van der Waals surface area contributed by atoms with Crippen molar-refractivity contribution in [1.82, 2.24) is 10.2 Å². The number of rotatable bonds is 8. The van der Waals surface area contributed by atoms with Crippen LogP contribution >= 0.6 is 69.0 Å². The molecule has 2 amide bonds. The van der Waals surface area contributed by atoms with E-state index in [4.69, 9.17) is 46.4 Å². The summed E-state index contributed by atoms with van der Waals surface area (Å²) < 4.78 is -0.0185. The number of likely N-dealkylation sites (tertiary alicyclic amines) is 1. The summed E-state index contributed by atoms with van der Waals surface area (Å²) in [7, 11) is 0. The van der Waals surface area contributed by atoms with Crippen molar-refractivity contribution in [1.29, 1.82) is 0 Å². The molecule has 5 nitrogen and oxygen atoms in total. The summed E-state index contributed by atoms with van der Waals surface area (Å²) in [4.78, 5) is 43.2. The molecule has 1 heterocycles. The molecule has 1 aliphatic carbocycles. The van der Waals surface area contributed by atoms with E-state index in [1.165, 1.54) is 0 Å². The third-order valence-corrected chi connectivity index (χ3v) is 14.4. The normalized spacial score (nSPS) is 18.9. The van der Waals surface area contributed by atoms with E-state index in [-0.39, 0.29) is 30.1 Å². The molecule has 2 aliphatic rings. The number of carbonyl (C=O) groups excluding carboxylic acids is 3. The van der Waals surface area contributed by atoms with Gasteiger partial charge >= 0.3 is 287 Å². The minimum atomic E-state index is -0.842. The zero-order valence-corrected chi connectivity index (χ0v) is 31.3. The van der Waals surface area contributed by atoms with Gasteiger partial charge in [0.15, 0.2) is 0 Å². The number of Topliss-reactive ketones (excluding diaryl/α,β-unsaturated/α-hetero) is 1. The minimum absolute atomic E-state index is 0.0180. The number of ketones is 1. The van der Waals surface area contributed by atoms with Gasteiger partial charge in [-0.2, -0.15) is 0 Å². The van der Waals surface area contributed by atoms with Crippen LogP contribution in [0.3, 0.4) is 0 Å². The molecule has 5 rings (SSSR count). The van der Waals surface area contributed by atoms with Crippen LogP contribution in [-0.2, 0) is 16.0 Å². The Bertz CT molecular complexity index is 1600. The van der Waals surface area contributed by atoms with Crippen molar-refractivity contribution in [2.75, 3.05) is 13.1 Å². The van der Waals surface area contributed by atoms with Crippen LogP contribution < -0.4 is 26.5 Å². The zero-order valence-electron chi connectivity index (χ0n) is 24.0. The van der Waals surface area contributed by atoms with Crippen LogP contribution in [0.5, 0.6) is 0 Å². The number of carbonyl (C=O) groups is 3. The molecule has 0 spiro atoms. The van der Waals surface area contributed by atoms with Crippen molar-refractivity contribution in [3.63, 3.8) is 0 Å². The predicted octanol–water partition coefficient (Wildman–Crippen LogP) is 6.29. The molecule has 1 saturated carbocycles. The first kappa shape index (κ1) is 34.7. The van der Waals surface area contributed by atoms with Crippen molar-refractivity contribution < 1.29 is 35.6 Å². The second-order valence-electron chi connectivity index (χ2n) is 11.0. The molecule has 0 aromatic heterocycles. The third kappa shape index (κ3) is 9.26. The van der Waals surface area contributed by atoms with Crippen molar-refractivity contribution in [3.05, 3.63) is 115 Å². The molecule has 1 N–H and O–H groups in total. The second kappa shape index (κ2) is 15.5. The van der Waals surface area contributed by atoms with Gasteiger partial charge in [-0.1, -0.05) is 23.2 Å². The summed E-state index contributed by atoms with van der Waals surface area (Å²) in [6, 6.07) is 19.1. The van der Waals surface area contributed by atoms with E-state index < -0.39 is 27.2 Å². The fourth-order valence-electron chi connectivity index (χ4n) is 5.38. The van der Waals surface area contributed by atoms with Crippen LogP contribution in [0.25, 0.3) is 12.2 Å². The SMILES string of the molecule is O=C(NC(Cc1ccccc1)C(=O)N1C/C(=C\c2ccc(Cl)c(Cl)c2)C(=O)/C(=C/c2ccc(Cl)c(Cl)c2)C1)[I-]C1(I)CCCC1. The van der Waals surface area contributed by atoms with Crippen LogP contribution in [-0.4, -0.2) is 41.1 Å². The van der Waals surface area contributed by atoms with E-state index >= 15 is 0 Å². The number of hydrogen-bond acceptors (Lipinski definition) is 3. The number of halogens is 6. The first-order valence-electron chi connectivity index (χ1n) is 14.3. The maximum atomic E-state index is 14.3. The Hall–Kier alpha value is -1.63. The number of nitrogens with zero attached hydrogens (tertiary/aromatic N) is 1. The van der Waals surface area contributed by atoms with E-state index in [0.29, 0.717) is 48.8 Å². The van der Waals surface area contributed by atoms with E-state index in [0.717, 1.165) is 31.2 Å². The number of hydrogen-bond donors (Lipinski definition) is 1. The van der Waals surface area contributed by atoms with E-state index in [1.54, 1.807) is 53.5 Å². The van der Waals surface area contributed by atoms with Crippen LogP contribution in [0.1, 0.15) is 42.4 Å². The molecule has 1 saturated heterocycles. The number of alkyl halides is 2. The quantitative estimate of drug-likeness (QED) is 0.0951. The molecule has 1 unspecified atom stereocenters. The topological polar surface area (TPSA) is 66.5 Å². The maximum absolute atomic E-state index is 14.3. The Kier molecular flexibility index (Phi) is 12.0. The molecule has 3 aromatic rings. The van der Waals surface area contributed by atoms with E-state index in [2.05, 4.69) is 27.9 Å². The molecule has 3 aromatic carbocycles. The van der Waals surface area contributed by atoms with E-state index in [1.807, 2.05) is 30.3 Å². The first-order chi connectivity index (χ1) is 21.5. The van der Waals surface area contributed by atoms with Crippen molar-refractivity contribution in [3.8, 4) is 0 Å². The number of piperidine rings is 1. The van der Waals surface area contributed by atoms with Crippen molar-refractivity contribution in [2.45, 2.75) is 39.6 Å². The van der Waals surface area contributed by atoms with Gasteiger partial charge < -0.3 is 0 Å². The molecule has 236 valence electrons. The van der Waals surface area contributed by atoms with Crippen LogP contribution in [0.4, 0.5) is 4.79 Å². The summed E-state index contributed by atoms with van der Waals surface area (Å²) >= 11 is 26.4. The molecular formula is C34H29Cl4I2N2O3-. The van der Waals surface area contributed by atoms with Gasteiger partial charge in [0, 0.05) is 0 Å². The predicted molar refractivity (Wildman–Crippen MR) is 188 cm³/mol. The third-order valence-electron chi connectivity index (χ3n) is 7.65. The first-order valence-corrected chi connectivity index (χ1v) is 19.1. The van der Waals surface area contributed by atoms with Gasteiger partial charge in [0.1, 0.15) is 0 Å². The fourth-order valence-corrected chi connectivity index (χ4v) is 10.7. The molecule has 0 radical (unpaired) electrons. The molecular weight excluding hydrogens is 880 g/mol. The molecule has 2 fully saturated rings. The van der Waals surface area contributed by atoms with Gasteiger partial charge in [-0.3, -0.25) is 0 Å². The van der Waals surface area contributed by atoms with Gasteiger partial charge in [-0.15, -0.1) is 0 Å². The average molecular weight is 909 g/mol. The summed E-state index contributed by atoms with van der Waals surface area (Å²) in [6.07, 6.45) is 8.12. The van der Waals surface area contributed by atoms with Gasteiger partial charge in [-0.25, -0.2) is 0 Å². The van der Waals surface area contributed by atoms with Gasteiger partial charge in [0.2, 0.25) is 0 Å². The van der Waals surface area contributed by atoms with Crippen LogP contribution in [0.2, 0.25) is 20.1 Å². The van der Waals surface area contributed by atoms with Gasteiger partial charge in [0.25, 0.3) is 0 Å². The monoisotopic (exact) mass is 907 g/mol. The summed E-state index contributed by atoms with van der Waals surface area (Å²) in [5.74, 6) is -0.448. The molecule has 0 bridgehead atoms. The summed E-state index contributed by atoms with van der Waals surface area (Å²) in [6.45, 7) is 0.145. The number of nitrogens with one attached hydrogen (secondary N) is 1. The molecule has 45 heavy (non-hydrogen) atoms. The van der Waals surface area contributed by atoms with Gasteiger partial charge in [0.05, 0.1) is 0 Å². The van der Waals surface area contributed by atoms with Gasteiger partial charge in [-0.05, 0) is 0 Å². The van der Waals surface area contributed by atoms with Crippen molar-refractivity contribution in [2.24, 2.45) is 0 Å². The Morgan fingerprint density at radius 1 is 0.844 bits per heavy atom. The fraction of sp³-hybridized carbons (Fsp3) is 0.265. The molecule has 1 aliphatic heterocycles. The Morgan fingerprint density at radius 3 is 1.89 bits per heavy atom. The molecule has 1 atom stereocenters. The average Bonchev–Trinajstić information content (AvgIpc) is 3.44. The Balaban J connectivity index is 1.48. The van der Waals surface area contributed by atoms with Crippen LogP contribution in [0, 0.1) is 0 Å². The Morgan fingerprint density at radius 2 is 1.38 bits per heavy atom. The number of benzene rings is 3. The Labute approximate surface area is 307 Å². The van der Waals surface area contributed by atoms with Crippen LogP contribution in [0.15, 0.2) is 77.9 Å². The van der Waals surface area contributed by atoms with E-state index in [9.17, 15) is 14.4 Å². The summed E-state index contributed by atoms with van der Waals surface area (Å²) in [5, 5.41) is 4.63.